The summed E-state index contributed by atoms with van der Waals surface area (Å²) in [5.41, 5.74) is 5.58. The van der Waals surface area contributed by atoms with Gasteiger partial charge in [-0.15, -0.1) is 0 Å². The average Bonchev–Trinajstić information content (AvgIpc) is 4.13. The summed E-state index contributed by atoms with van der Waals surface area (Å²) in [6, 6.07) is 16.8. The number of methoxy groups -OCH3 is 1. The number of hydrogen-bond acceptors (Lipinski definition) is 9. The smallest absolute Gasteiger partial charge is 0.407 e. The van der Waals surface area contributed by atoms with E-state index in [-0.39, 0.29) is 35.7 Å². The summed E-state index contributed by atoms with van der Waals surface area (Å²) in [7, 11) is 1.31. The summed E-state index contributed by atoms with van der Waals surface area (Å²) < 4.78 is 15.9. The molecule has 9 rings (SSSR count). The molecule has 0 spiro atoms. The van der Waals surface area contributed by atoms with E-state index in [1.807, 2.05) is 11.0 Å². The number of fused-ring (bicyclic) bond motifs is 2. The fourth-order valence-electron chi connectivity index (χ4n) is 9.78. The Bertz CT molecular complexity index is 2420. The molecule has 5 aromatic rings. The predicted molar refractivity (Wildman–Crippen MR) is 225 cm³/mol. The molecule has 0 radical (unpaired) electrons. The van der Waals surface area contributed by atoms with E-state index < -0.39 is 24.3 Å². The second-order valence-corrected chi connectivity index (χ2v) is 16.6. The molecule has 4 saturated heterocycles. The molecule has 4 atom stereocenters. The molecule has 16 nitrogen and oxygen atoms in total. The number of likely N-dealkylation sites (tertiary alicyclic amines) is 2. The lowest BCUT2D eigenvalue weighted by Crippen LogP contribution is -2.53. The third kappa shape index (κ3) is 8.38. The SMILES string of the molecule is COC(=O)N[C@H](C(=O)N1CCC[C@H]1c1nc2ccc(-c3ccc4cc(-c5cnc([C@@H]6CCCN6C(=O)[C@@H](NC(=O)O)C6CCOCC6)[nH]5)ccc4c3)cc2[nH]1)C1CCOCC1. The van der Waals surface area contributed by atoms with Crippen molar-refractivity contribution in [2.75, 3.05) is 46.6 Å². The Morgan fingerprint density at radius 3 is 1.90 bits per heavy atom. The van der Waals surface area contributed by atoms with Crippen LogP contribution in [0.5, 0.6) is 0 Å². The lowest BCUT2D eigenvalue weighted by molar-refractivity contribution is -0.137. The molecule has 0 unspecified atom stereocenters. The van der Waals surface area contributed by atoms with Gasteiger partial charge >= 0.3 is 12.2 Å². The van der Waals surface area contributed by atoms with Crippen molar-refractivity contribution >= 4 is 45.8 Å². The molecule has 3 aromatic carbocycles. The summed E-state index contributed by atoms with van der Waals surface area (Å²) in [5.74, 6) is 0.950. The van der Waals surface area contributed by atoms with Crippen LogP contribution in [0.25, 0.3) is 44.2 Å². The first-order valence-electron chi connectivity index (χ1n) is 21.4. The molecular formula is C45H52N8O8. The maximum Gasteiger partial charge on any atom is 0.407 e. The number of imidazole rings is 2. The van der Waals surface area contributed by atoms with Gasteiger partial charge in [-0.3, -0.25) is 9.59 Å². The van der Waals surface area contributed by atoms with Gasteiger partial charge < -0.3 is 49.7 Å². The average molecular weight is 833 g/mol. The molecule has 4 aliphatic rings. The minimum Gasteiger partial charge on any atom is -0.465 e. The number of nitrogens with zero attached hydrogens (tertiary/aromatic N) is 4. The first kappa shape index (κ1) is 40.4. The van der Waals surface area contributed by atoms with Gasteiger partial charge in [0, 0.05) is 45.1 Å². The largest absolute Gasteiger partial charge is 0.465 e. The highest BCUT2D eigenvalue weighted by Crippen LogP contribution is 2.37. The number of amides is 4. The van der Waals surface area contributed by atoms with Gasteiger partial charge in [0.05, 0.1) is 42.1 Å². The Hall–Kier alpha value is -6.00. The van der Waals surface area contributed by atoms with E-state index in [0.29, 0.717) is 71.0 Å². The van der Waals surface area contributed by atoms with Crippen LogP contribution in [-0.2, 0) is 23.8 Å². The van der Waals surface area contributed by atoms with Crippen LogP contribution >= 0.6 is 0 Å². The van der Waals surface area contributed by atoms with Crippen molar-refractivity contribution in [3.63, 3.8) is 0 Å². The summed E-state index contributed by atoms with van der Waals surface area (Å²) >= 11 is 0. The number of aromatic amines is 2. The Labute approximate surface area is 352 Å². The summed E-state index contributed by atoms with van der Waals surface area (Å²) in [4.78, 5) is 72.2. The second kappa shape index (κ2) is 17.5. The normalized spacial score (nSPS) is 21.1. The van der Waals surface area contributed by atoms with Crippen LogP contribution < -0.4 is 10.6 Å². The summed E-state index contributed by atoms with van der Waals surface area (Å²) in [6.07, 6.45) is 5.78. The molecule has 5 N–H and O–H groups in total. The Morgan fingerprint density at radius 1 is 0.721 bits per heavy atom. The first-order chi connectivity index (χ1) is 29.7. The number of H-pyrrole nitrogens is 2. The molecule has 0 aliphatic carbocycles. The molecule has 4 aliphatic heterocycles. The monoisotopic (exact) mass is 832 g/mol. The minimum absolute atomic E-state index is 0.0360. The molecule has 2 aromatic heterocycles. The maximum absolute atomic E-state index is 14.1. The van der Waals surface area contributed by atoms with E-state index in [1.165, 1.54) is 7.11 Å². The van der Waals surface area contributed by atoms with Gasteiger partial charge in [0.25, 0.3) is 0 Å². The minimum atomic E-state index is -1.20. The number of carboxylic acid groups (broad SMARTS) is 1. The highest BCUT2D eigenvalue weighted by Gasteiger charge is 2.41. The number of nitrogens with one attached hydrogen (secondary N) is 4. The van der Waals surface area contributed by atoms with Gasteiger partial charge in [-0.05, 0) is 109 Å². The zero-order chi connectivity index (χ0) is 42.0. The van der Waals surface area contributed by atoms with Crippen LogP contribution in [0, 0.1) is 11.8 Å². The number of carbonyl (C=O) groups is 4. The van der Waals surface area contributed by atoms with E-state index in [0.717, 1.165) is 75.7 Å². The van der Waals surface area contributed by atoms with Crippen molar-refractivity contribution in [1.82, 2.24) is 40.4 Å². The molecular weight excluding hydrogens is 781 g/mol. The number of alkyl carbamates (subject to hydrolysis) is 1. The summed E-state index contributed by atoms with van der Waals surface area (Å²) in [5, 5.41) is 17.0. The van der Waals surface area contributed by atoms with Gasteiger partial charge in [-0.25, -0.2) is 19.6 Å². The standard InChI is InChI=1S/C45H52N8O8/c1-59-45(58)51-39(27-14-20-61-21-15-27)43(55)53-17-3-5-37(53)41-47-33-11-10-31(24-34(33)48-41)29-6-7-30-23-32(9-8-28(30)22-29)35-25-46-40(49-35)36-4-2-16-52(36)42(54)38(50-44(56)57)26-12-18-60-19-13-26/h6-11,22-27,36-39,50H,2-5,12-21H2,1H3,(H,46,49)(H,47,48)(H,51,58)(H,56,57)/t36-,37-,38-,39-/m0/s1. The fourth-order valence-corrected chi connectivity index (χ4v) is 9.78. The fraction of sp³-hybridized carbons (Fsp3) is 0.467. The number of aromatic nitrogens is 4. The molecule has 6 heterocycles. The van der Waals surface area contributed by atoms with Crippen molar-refractivity contribution in [2.45, 2.75) is 75.5 Å². The van der Waals surface area contributed by atoms with Crippen LogP contribution in [0.15, 0.2) is 60.8 Å². The highest BCUT2D eigenvalue weighted by atomic mass is 16.5. The van der Waals surface area contributed by atoms with Crippen molar-refractivity contribution in [1.29, 1.82) is 0 Å². The van der Waals surface area contributed by atoms with Crippen LogP contribution in [0.2, 0.25) is 0 Å². The number of carbonyl (C=O) groups excluding carboxylic acids is 3. The summed E-state index contributed by atoms with van der Waals surface area (Å²) in [6.45, 7) is 3.26. The van der Waals surface area contributed by atoms with Crippen LogP contribution in [-0.4, -0.2) is 118 Å². The molecule has 4 fully saturated rings. The number of ether oxygens (including phenoxy) is 3. The lowest BCUT2D eigenvalue weighted by atomic mass is 9.90. The van der Waals surface area contributed by atoms with E-state index in [2.05, 4.69) is 69.1 Å². The van der Waals surface area contributed by atoms with Gasteiger partial charge in [0.15, 0.2) is 0 Å². The van der Waals surface area contributed by atoms with Gasteiger partial charge in [0.2, 0.25) is 11.8 Å². The topological polar surface area (TPSA) is 204 Å². The number of hydrogen-bond donors (Lipinski definition) is 5. The van der Waals surface area contributed by atoms with Gasteiger partial charge in [0.1, 0.15) is 23.7 Å². The van der Waals surface area contributed by atoms with Crippen LogP contribution in [0.3, 0.4) is 0 Å². The first-order valence-corrected chi connectivity index (χ1v) is 21.4. The molecule has 0 saturated carbocycles. The van der Waals surface area contributed by atoms with Gasteiger partial charge in [-0.1, -0.05) is 30.3 Å². The molecule has 0 bridgehead atoms. The zero-order valence-corrected chi connectivity index (χ0v) is 34.2. The van der Waals surface area contributed by atoms with Crippen molar-refractivity contribution in [3.8, 4) is 22.4 Å². The lowest BCUT2D eigenvalue weighted by Gasteiger charge is -2.34. The van der Waals surface area contributed by atoms with E-state index >= 15 is 0 Å². The highest BCUT2D eigenvalue weighted by molar-refractivity contribution is 5.92. The van der Waals surface area contributed by atoms with Crippen molar-refractivity contribution < 1.29 is 38.5 Å². The van der Waals surface area contributed by atoms with Crippen molar-refractivity contribution in [3.05, 3.63) is 72.4 Å². The molecule has 61 heavy (non-hydrogen) atoms. The number of benzene rings is 3. The molecule has 16 heteroatoms. The zero-order valence-electron chi connectivity index (χ0n) is 34.2. The third-order valence-electron chi connectivity index (χ3n) is 13.0. The maximum atomic E-state index is 14.1. The van der Waals surface area contributed by atoms with E-state index in [1.54, 1.807) is 11.1 Å². The third-order valence-corrected chi connectivity index (χ3v) is 13.0. The molecule has 4 amide bonds. The second-order valence-electron chi connectivity index (χ2n) is 16.6. The van der Waals surface area contributed by atoms with Crippen LogP contribution in [0.1, 0.15) is 75.1 Å². The Kier molecular flexibility index (Phi) is 11.6. The Balaban J connectivity index is 0.902. The predicted octanol–water partition coefficient (Wildman–Crippen LogP) is 6.31. The van der Waals surface area contributed by atoms with Crippen LogP contribution in [0.4, 0.5) is 9.59 Å². The quantitative estimate of drug-likeness (QED) is 0.106. The van der Waals surface area contributed by atoms with E-state index in [4.69, 9.17) is 24.2 Å². The van der Waals surface area contributed by atoms with Crippen molar-refractivity contribution in [2.24, 2.45) is 11.8 Å². The van der Waals surface area contributed by atoms with E-state index in [9.17, 15) is 24.3 Å². The number of rotatable bonds is 10. The Morgan fingerprint density at radius 2 is 1.28 bits per heavy atom. The molecule has 320 valence electrons. The van der Waals surface area contributed by atoms with Gasteiger partial charge in [-0.2, -0.15) is 0 Å².